The van der Waals surface area contributed by atoms with E-state index in [1.807, 2.05) is 0 Å². The van der Waals surface area contributed by atoms with Crippen molar-refractivity contribution in [3.8, 4) is 0 Å². The lowest BCUT2D eigenvalue weighted by molar-refractivity contribution is -0.199. The van der Waals surface area contributed by atoms with Gasteiger partial charge in [-0.2, -0.15) is 0 Å². The third kappa shape index (κ3) is 2.86. The zero-order valence-electron chi connectivity index (χ0n) is 6.62. The number of carbonyl (C=O) groups excluding carboxylic acids is 1. The van der Waals surface area contributed by atoms with Gasteiger partial charge in [-0.25, -0.2) is 0 Å². The Morgan fingerprint density at radius 3 is 3.00 bits per heavy atom. The molecule has 1 aliphatic rings. The van der Waals surface area contributed by atoms with Gasteiger partial charge in [0.2, 0.25) is 0 Å². The zero-order valence-corrected chi connectivity index (χ0v) is 6.62. The van der Waals surface area contributed by atoms with Crippen LogP contribution in [0.2, 0.25) is 0 Å². The first kappa shape index (κ1) is 8.49. The minimum Gasteiger partial charge on any atom is -0.392 e. The Kier molecular flexibility index (Phi) is 2.84. The summed E-state index contributed by atoms with van der Waals surface area (Å²) in [5.74, 6) is -0.320. The molecule has 0 aromatic carbocycles. The van der Waals surface area contributed by atoms with E-state index in [0.717, 1.165) is 19.4 Å². The molecule has 0 amide bonds. The van der Waals surface area contributed by atoms with Crippen molar-refractivity contribution in [2.75, 3.05) is 13.1 Å². The average Bonchev–Trinajstić information content (AvgIpc) is 1.85. The molecular weight excluding hydrogens is 146 g/mol. The third-order valence-electron chi connectivity index (χ3n) is 1.62. The summed E-state index contributed by atoms with van der Waals surface area (Å²) in [6, 6.07) is 0. The topological polar surface area (TPSA) is 49.8 Å². The Morgan fingerprint density at radius 2 is 2.45 bits per heavy atom. The molecule has 1 atom stereocenters. The highest BCUT2D eigenvalue weighted by atomic mass is 16.7. The number of aliphatic hydroxyl groups excluding tert-OH is 1. The summed E-state index contributed by atoms with van der Waals surface area (Å²) in [5.41, 5.74) is 0. The molecule has 4 heteroatoms. The fourth-order valence-electron chi connectivity index (χ4n) is 1.19. The van der Waals surface area contributed by atoms with Crippen LogP contribution in [-0.2, 0) is 9.63 Å². The van der Waals surface area contributed by atoms with Crippen molar-refractivity contribution in [1.29, 1.82) is 0 Å². The van der Waals surface area contributed by atoms with Gasteiger partial charge in [0.25, 0.3) is 0 Å². The Hall–Kier alpha value is -0.610. The molecule has 0 aliphatic carbocycles. The molecule has 11 heavy (non-hydrogen) atoms. The number of hydrogen-bond acceptors (Lipinski definition) is 4. The SMILES string of the molecule is CC(=O)ON1CCCC(O)C1. The summed E-state index contributed by atoms with van der Waals surface area (Å²) in [6.45, 7) is 2.54. The van der Waals surface area contributed by atoms with Crippen LogP contribution in [0, 0.1) is 0 Å². The van der Waals surface area contributed by atoms with Gasteiger partial charge in [-0.15, -0.1) is 5.06 Å². The molecule has 0 spiro atoms. The van der Waals surface area contributed by atoms with Crippen molar-refractivity contribution in [1.82, 2.24) is 5.06 Å². The predicted molar refractivity (Wildman–Crippen MR) is 38.6 cm³/mol. The van der Waals surface area contributed by atoms with E-state index in [-0.39, 0.29) is 12.1 Å². The van der Waals surface area contributed by atoms with E-state index in [2.05, 4.69) is 0 Å². The first-order valence-electron chi connectivity index (χ1n) is 3.80. The minimum absolute atomic E-state index is 0.320. The number of hydrogen-bond donors (Lipinski definition) is 1. The lowest BCUT2D eigenvalue weighted by Gasteiger charge is -2.27. The van der Waals surface area contributed by atoms with Gasteiger partial charge in [0.05, 0.1) is 12.6 Å². The maximum atomic E-state index is 10.5. The van der Waals surface area contributed by atoms with E-state index in [9.17, 15) is 4.79 Å². The quantitative estimate of drug-likeness (QED) is 0.581. The van der Waals surface area contributed by atoms with Gasteiger partial charge in [0, 0.05) is 13.5 Å². The predicted octanol–water partition coefficient (Wildman–Crippen LogP) is -0.0788. The monoisotopic (exact) mass is 159 g/mol. The molecule has 0 saturated carbocycles. The summed E-state index contributed by atoms with van der Waals surface area (Å²) < 4.78 is 0. The fraction of sp³-hybridized carbons (Fsp3) is 0.857. The number of nitrogens with zero attached hydrogens (tertiary/aromatic N) is 1. The highest BCUT2D eigenvalue weighted by Crippen LogP contribution is 2.09. The van der Waals surface area contributed by atoms with E-state index in [1.165, 1.54) is 12.0 Å². The van der Waals surface area contributed by atoms with Crippen LogP contribution in [0.3, 0.4) is 0 Å². The number of aliphatic hydroxyl groups is 1. The standard InChI is InChI=1S/C7H13NO3/c1-6(9)11-8-4-2-3-7(10)5-8/h7,10H,2-5H2,1H3. The second kappa shape index (κ2) is 3.69. The van der Waals surface area contributed by atoms with E-state index < -0.39 is 0 Å². The van der Waals surface area contributed by atoms with Crippen LogP contribution < -0.4 is 0 Å². The lowest BCUT2D eigenvalue weighted by Crippen LogP contribution is -2.39. The first-order chi connectivity index (χ1) is 5.18. The summed E-state index contributed by atoms with van der Waals surface area (Å²) in [5, 5.41) is 10.7. The average molecular weight is 159 g/mol. The van der Waals surface area contributed by atoms with Crippen LogP contribution in [-0.4, -0.2) is 35.3 Å². The molecule has 1 saturated heterocycles. The van der Waals surface area contributed by atoms with Crippen LogP contribution in [0.15, 0.2) is 0 Å². The molecule has 0 aromatic heterocycles. The molecule has 64 valence electrons. The molecule has 1 aliphatic heterocycles. The third-order valence-corrected chi connectivity index (χ3v) is 1.62. The number of rotatable bonds is 1. The molecule has 1 heterocycles. The summed E-state index contributed by atoms with van der Waals surface area (Å²) >= 11 is 0. The molecule has 4 nitrogen and oxygen atoms in total. The van der Waals surface area contributed by atoms with Crippen LogP contribution in [0.4, 0.5) is 0 Å². The highest BCUT2D eigenvalue weighted by Gasteiger charge is 2.19. The van der Waals surface area contributed by atoms with Crippen molar-refractivity contribution < 1.29 is 14.7 Å². The van der Waals surface area contributed by atoms with Gasteiger partial charge in [-0.05, 0) is 12.8 Å². The van der Waals surface area contributed by atoms with E-state index in [1.54, 1.807) is 0 Å². The molecule has 0 radical (unpaired) electrons. The van der Waals surface area contributed by atoms with Gasteiger partial charge in [0.15, 0.2) is 0 Å². The van der Waals surface area contributed by atoms with Crippen molar-refractivity contribution in [2.45, 2.75) is 25.9 Å². The molecule has 0 bridgehead atoms. The number of hydroxylamine groups is 2. The molecular formula is C7H13NO3. The maximum Gasteiger partial charge on any atom is 0.322 e. The number of carbonyl (C=O) groups is 1. The van der Waals surface area contributed by atoms with Gasteiger partial charge >= 0.3 is 5.97 Å². The smallest absolute Gasteiger partial charge is 0.322 e. The lowest BCUT2D eigenvalue weighted by atomic mass is 10.1. The number of β-amino-alcohol motifs (C(OH)–C–C–N with tert-alkyl or cyclic N) is 1. The van der Waals surface area contributed by atoms with Crippen molar-refractivity contribution in [2.24, 2.45) is 0 Å². The molecule has 1 fully saturated rings. The largest absolute Gasteiger partial charge is 0.392 e. The Bertz CT molecular complexity index is 149. The molecule has 0 aromatic rings. The van der Waals surface area contributed by atoms with Crippen molar-refractivity contribution in [3.05, 3.63) is 0 Å². The molecule has 1 N–H and O–H groups in total. The van der Waals surface area contributed by atoms with Gasteiger partial charge in [0.1, 0.15) is 0 Å². The highest BCUT2D eigenvalue weighted by molar-refractivity contribution is 5.65. The summed E-state index contributed by atoms with van der Waals surface area (Å²) in [6.07, 6.45) is 1.34. The van der Waals surface area contributed by atoms with Crippen LogP contribution in [0.5, 0.6) is 0 Å². The van der Waals surface area contributed by atoms with Crippen LogP contribution >= 0.6 is 0 Å². The summed E-state index contributed by atoms with van der Waals surface area (Å²) in [7, 11) is 0. The zero-order chi connectivity index (χ0) is 8.27. The van der Waals surface area contributed by atoms with Crippen LogP contribution in [0.25, 0.3) is 0 Å². The first-order valence-corrected chi connectivity index (χ1v) is 3.80. The van der Waals surface area contributed by atoms with Crippen molar-refractivity contribution in [3.63, 3.8) is 0 Å². The van der Waals surface area contributed by atoms with Gasteiger partial charge in [-0.3, -0.25) is 4.79 Å². The minimum atomic E-state index is -0.344. The Morgan fingerprint density at radius 1 is 1.73 bits per heavy atom. The Labute approximate surface area is 65.7 Å². The van der Waals surface area contributed by atoms with E-state index >= 15 is 0 Å². The molecule has 1 unspecified atom stereocenters. The van der Waals surface area contributed by atoms with Crippen LogP contribution in [0.1, 0.15) is 19.8 Å². The second-order valence-corrected chi connectivity index (χ2v) is 2.77. The second-order valence-electron chi connectivity index (χ2n) is 2.77. The van der Waals surface area contributed by atoms with E-state index in [0.29, 0.717) is 6.54 Å². The molecule has 1 rings (SSSR count). The van der Waals surface area contributed by atoms with E-state index in [4.69, 9.17) is 9.94 Å². The fourth-order valence-corrected chi connectivity index (χ4v) is 1.19. The maximum absolute atomic E-state index is 10.5. The number of piperidine rings is 1. The van der Waals surface area contributed by atoms with Gasteiger partial charge in [-0.1, -0.05) is 0 Å². The summed E-state index contributed by atoms with van der Waals surface area (Å²) in [4.78, 5) is 15.3. The van der Waals surface area contributed by atoms with Gasteiger partial charge < -0.3 is 9.94 Å². The Balaban J connectivity index is 2.28. The van der Waals surface area contributed by atoms with Crippen molar-refractivity contribution >= 4 is 5.97 Å². The normalized spacial score (nSPS) is 26.5.